The number of hydrogen-bond donors (Lipinski definition) is 0. The van der Waals surface area contributed by atoms with Gasteiger partial charge in [-0.2, -0.15) is 0 Å². The second-order valence-electron chi connectivity index (χ2n) is 8.96. The minimum Gasteiger partial charge on any atom is -0.445 e. The number of carbonyl (C=O) groups is 2. The van der Waals surface area contributed by atoms with Gasteiger partial charge in [0.1, 0.15) is 6.10 Å². The van der Waals surface area contributed by atoms with Gasteiger partial charge in [0.05, 0.1) is 6.04 Å². The minimum absolute atomic E-state index is 0.163. The smallest absolute Gasteiger partial charge is 0.417 e. The van der Waals surface area contributed by atoms with E-state index in [-0.39, 0.29) is 12.0 Å². The zero-order chi connectivity index (χ0) is 21.4. The van der Waals surface area contributed by atoms with Crippen molar-refractivity contribution in [3.63, 3.8) is 0 Å². The molecule has 0 radical (unpaired) electrons. The maximum atomic E-state index is 13.4. The molecule has 0 aromatic heterocycles. The molecule has 1 saturated carbocycles. The molecule has 2 amide bonds. The molecule has 5 heteroatoms. The Hall–Kier alpha value is -2.33. The number of rotatable bonds is 3. The molecule has 2 aliphatic rings. The van der Waals surface area contributed by atoms with Crippen LogP contribution in [0.2, 0.25) is 5.02 Å². The highest BCUT2D eigenvalue weighted by Crippen LogP contribution is 2.41. The average molecular weight is 426 g/mol. The lowest BCUT2D eigenvalue weighted by Crippen LogP contribution is -2.42. The van der Waals surface area contributed by atoms with Gasteiger partial charge in [-0.05, 0) is 59.9 Å². The maximum Gasteiger partial charge on any atom is 0.417 e. The maximum absolute atomic E-state index is 13.4. The monoisotopic (exact) mass is 425 g/mol. The highest BCUT2D eigenvalue weighted by atomic mass is 35.5. The normalized spacial score (nSPS) is 26.0. The summed E-state index contributed by atoms with van der Waals surface area (Å²) in [6.07, 6.45) is 2.32. The van der Waals surface area contributed by atoms with Crippen molar-refractivity contribution in [1.82, 2.24) is 4.90 Å². The quantitative estimate of drug-likeness (QED) is 0.565. The van der Waals surface area contributed by atoms with Crippen LogP contribution in [0.4, 0.5) is 4.79 Å². The predicted octanol–water partition coefficient (Wildman–Crippen LogP) is 6.48. The summed E-state index contributed by atoms with van der Waals surface area (Å²) in [6, 6.07) is 14.2. The fourth-order valence-corrected chi connectivity index (χ4v) is 5.04. The van der Waals surface area contributed by atoms with E-state index in [0.29, 0.717) is 28.3 Å². The van der Waals surface area contributed by atoms with E-state index in [4.69, 9.17) is 16.3 Å². The summed E-state index contributed by atoms with van der Waals surface area (Å²) in [4.78, 5) is 27.9. The first-order chi connectivity index (χ1) is 14.4. The van der Waals surface area contributed by atoms with Gasteiger partial charge in [-0.3, -0.25) is 4.79 Å². The summed E-state index contributed by atoms with van der Waals surface area (Å²) in [7, 11) is 0. The zero-order valence-electron chi connectivity index (χ0n) is 17.7. The van der Waals surface area contributed by atoms with Gasteiger partial charge in [-0.25, -0.2) is 9.69 Å². The van der Waals surface area contributed by atoms with E-state index in [1.807, 2.05) is 30.3 Å². The second-order valence-corrected chi connectivity index (χ2v) is 9.40. The van der Waals surface area contributed by atoms with Gasteiger partial charge in [-0.1, -0.05) is 69.1 Å². The first-order valence-electron chi connectivity index (χ1n) is 10.8. The lowest BCUT2D eigenvalue weighted by Gasteiger charge is -2.37. The largest absolute Gasteiger partial charge is 0.445 e. The molecular weight excluding hydrogens is 398 g/mol. The summed E-state index contributed by atoms with van der Waals surface area (Å²) in [5.41, 5.74) is 2.21. The first kappa shape index (κ1) is 20.9. The first-order valence-corrected chi connectivity index (χ1v) is 11.1. The molecule has 158 valence electrons. The Kier molecular flexibility index (Phi) is 5.88. The molecule has 30 heavy (non-hydrogen) atoms. The van der Waals surface area contributed by atoms with Crippen LogP contribution in [-0.4, -0.2) is 23.0 Å². The number of fused-ring (bicyclic) bond motifs is 1. The van der Waals surface area contributed by atoms with Crippen LogP contribution in [0.25, 0.3) is 0 Å². The SMILES string of the molecule is CC(C)[C@H]1CC[C@@H](C)C[C@H]1OC(=O)N1C(=O)c2ccccc2[C@H]1c1ccc(Cl)cc1. The fourth-order valence-electron chi connectivity index (χ4n) is 4.91. The third-order valence-corrected chi connectivity index (χ3v) is 6.81. The Morgan fingerprint density at radius 3 is 2.50 bits per heavy atom. The number of imide groups is 1. The van der Waals surface area contributed by atoms with Crippen LogP contribution < -0.4 is 0 Å². The molecule has 1 heterocycles. The number of benzene rings is 2. The Labute approximate surface area is 183 Å². The van der Waals surface area contributed by atoms with Crippen LogP contribution in [0.5, 0.6) is 0 Å². The zero-order valence-corrected chi connectivity index (χ0v) is 18.4. The van der Waals surface area contributed by atoms with Crippen molar-refractivity contribution in [3.8, 4) is 0 Å². The number of ether oxygens (including phenoxy) is 1. The van der Waals surface area contributed by atoms with Crippen molar-refractivity contribution >= 4 is 23.6 Å². The predicted molar refractivity (Wildman–Crippen MR) is 118 cm³/mol. The van der Waals surface area contributed by atoms with Gasteiger partial charge < -0.3 is 4.74 Å². The van der Waals surface area contributed by atoms with Crippen molar-refractivity contribution in [1.29, 1.82) is 0 Å². The summed E-state index contributed by atoms with van der Waals surface area (Å²) in [6.45, 7) is 6.55. The summed E-state index contributed by atoms with van der Waals surface area (Å²) < 4.78 is 6.04. The standard InChI is InChI=1S/C25H28ClNO3/c1-15(2)19-13-8-16(3)14-22(19)30-25(29)27-23(17-9-11-18(26)12-10-17)20-6-4-5-7-21(20)24(27)28/h4-7,9-12,15-16,19,22-23H,8,13-14H2,1-3H3/t16-,19-,22-,23-/m1/s1. The van der Waals surface area contributed by atoms with Gasteiger partial charge in [0.15, 0.2) is 0 Å². The number of nitrogens with zero attached hydrogens (tertiary/aromatic N) is 1. The van der Waals surface area contributed by atoms with Crippen molar-refractivity contribution in [2.75, 3.05) is 0 Å². The van der Waals surface area contributed by atoms with Crippen molar-refractivity contribution in [2.24, 2.45) is 17.8 Å². The molecule has 1 aliphatic heterocycles. The molecule has 2 aromatic rings. The summed E-state index contributed by atoms with van der Waals surface area (Å²) in [5.74, 6) is 0.949. The van der Waals surface area contributed by atoms with E-state index >= 15 is 0 Å². The van der Waals surface area contributed by atoms with Crippen LogP contribution in [0.15, 0.2) is 48.5 Å². The van der Waals surface area contributed by atoms with Gasteiger partial charge in [0.25, 0.3) is 5.91 Å². The van der Waals surface area contributed by atoms with Gasteiger partial charge >= 0.3 is 6.09 Å². The van der Waals surface area contributed by atoms with E-state index in [1.54, 1.807) is 18.2 Å². The lowest BCUT2D eigenvalue weighted by atomic mass is 9.75. The molecule has 4 atom stereocenters. The molecule has 0 spiro atoms. The lowest BCUT2D eigenvalue weighted by molar-refractivity contribution is -0.01000. The Morgan fingerprint density at radius 1 is 1.10 bits per heavy atom. The van der Waals surface area contributed by atoms with E-state index in [9.17, 15) is 9.59 Å². The van der Waals surface area contributed by atoms with Gasteiger partial charge in [0, 0.05) is 10.6 Å². The van der Waals surface area contributed by atoms with E-state index in [0.717, 1.165) is 30.4 Å². The highest BCUT2D eigenvalue weighted by molar-refractivity contribution is 6.30. The molecule has 4 rings (SSSR count). The molecule has 4 nitrogen and oxygen atoms in total. The van der Waals surface area contributed by atoms with E-state index in [1.165, 1.54) is 4.90 Å². The highest BCUT2D eigenvalue weighted by Gasteiger charge is 2.44. The molecule has 1 aliphatic carbocycles. The second kappa shape index (κ2) is 8.43. The van der Waals surface area contributed by atoms with Crippen LogP contribution in [0.1, 0.15) is 67.6 Å². The summed E-state index contributed by atoms with van der Waals surface area (Å²) >= 11 is 6.06. The number of amides is 2. The van der Waals surface area contributed by atoms with Crippen LogP contribution in [-0.2, 0) is 4.74 Å². The molecule has 0 N–H and O–H groups in total. The molecule has 0 bridgehead atoms. The van der Waals surface area contributed by atoms with Gasteiger partial charge in [-0.15, -0.1) is 0 Å². The average Bonchev–Trinajstić information content (AvgIpc) is 3.01. The van der Waals surface area contributed by atoms with E-state index in [2.05, 4.69) is 20.8 Å². The Morgan fingerprint density at radius 2 is 1.80 bits per heavy atom. The Balaban J connectivity index is 1.66. The van der Waals surface area contributed by atoms with Crippen molar-refractivity contribution in [2.45, 2.75) is 52.2 Å². The molecular formula is C25H28ClNO3. The van der Waals surface area contributed by atoms with E-state index < -0.39 is 12.1 Å². The fraction of sp³-hybridized carbons (Fsp3) is 0.440. The van der Waals surface area contributed by atoms with Crippen LogP contribution >= 0.6 is 11.6 Å². The minimum atomic E-state index is -0.555. The van der Waals surface area contributed by atoms with Gasteiger partial charge in [0.2, 0.25) is 0 Å². The van der Waals surface area contributed by atoms with Crippen molar-refractivity contribution in [3.05, 3.63) is 70.2 Å². The Bertz CT molecular complexity index is 940. The number of carbonyl (C=O) groups excluding carboxylic acids is 2. The molecule has 0 unspecified atom stereocenters. The number of halogens is 1. The van der Waals surface area contributed by atoms with Crippen molar-refractivity contribution < 1.29 is 14.3 Å². The molecule has 0 saturated heterocycles. The molecule has 1 fully saturated rings. The van der Waals surface area contributed by atoms with Crippen LogP contribution in [0, 0.1) is 17.8 Å². The topological polar surface area (TPSA) is 46.6 Å². The number of hydrogen-bond acceptors (Lipinski definition) is 3. The van der Waals surface area contributed by atoms with Crippen LogP contribution in [0.3, 0.4) is 0 Å². The summed E-state index contributed by atoms with van der Waals surface area (Å²) in [5, 5.41) is 0.612. The molecule has 2 aromatic carbocycles. The third kappa shape index (κ3) is 3.85. The third-order valence-electron chi connectivity index (χ3n) is 6.56.